The minimum Gasteiger partial charge on any atom is -0.462 e. The largest absolute Gasteiger partial charge is 0.462 e. The van der Waals surface area contributed by atoms with Gasteiger partial charge in [-0.15, -0.1) is 0 Å². The van der Waals surface area contributed by atoms with Crippen LogP contribution in [0.15, 0.2) is 97.2 Å². The van der Waals surface area contributed by atoms with Crippen molar-refractivity contribution in [3.8, 4) is 0 Å². The van der Waals surface area contributed by atoms with Crippen LogP contribution in [-0.2, 0) is 14.3 Å². The number of rotatable bonds is 39. The molecule has 3 atom stereocenters. The quantitative estimate of drug-likeness (QED) is 0.0249. The molecule has 3 unspecified atom stereocenters. The van der Waals surface area contributed by atoms with Crippen LogP contribution >= 0.6 is 0 Å². The van der Waals surface area contributed by atoms with E-state index < -0.39 is 18.2 Å². The van der Waals surface area contributed by atoms with E-state index in [0.717, 1.165) is 77.0 Å². The fourth-order valence-electron chi connectivity index (χ4n) is 6.39. The molecule has 0 aliphatic rings. The first-order valence-electron chi connectivity index (χ1n) is 23.0. The summed E-state index contributed by atoms with van der Waals surface area (Å²) in [5.41, 5.74) is 0. The van der Waals surface area contributed by atoms with Gasteiger partial charge in [0.05, 0.1) is 25.2 Å². The summed E-state index contributed by atoms with van der Waals surface area (Å²) in [5, 5.41) is 23.6. The maximum Gasteiger partial charge on any atom is 0.306 e. The number of carbonyl (C=O) groups is 2. The van der Waals surface area contributed by atoms with E-state index in [9.17, 15) is 19.8 Å². The van der Waals surface area contributed by atoms with E-state index in [1.807, 2.05) is 60.8 Å². The van der Waals surface area contributed by atoms with Crippen molar-refractivity contribution < 1.29 is 24.5 Å². The molecule has 0 saturated carbocycles. The van der Waals surface area contributed by atoms with Gasteiger partial charge < -0.3 is 20.3 Å². The van der Waals surface area contributed by atoms with Crippen molar-refractivity contribution in [3.63, 3.8) is 0 Å². The van der Waals surface area contributed by atoms with E-state index in [0.29, 0.717) is 19.3 Å². The first-order valence-corrected chi connectivity index (χ1v) is 23.0. The molecule has 0 aromatic heterocycles. The first kappa shape index (κ1) is 53.8. The molecule has 0 spiro atoms. The molecule has 3 N–H and O–H groups in total. The van der Waals surface area contributed by atoms with Crippen molar-refractivity contribution in [2.24, 2.45) is 0 Å². The summed E-state index contributed by atoms with van der Waals surface area (Å²) in [6.45, 7) is 6.16. The Labute approximate surface area is 350 Å². The molecule has 0 bridgehead atoms. The number of amides is 1. The molecule has 0 saturated heterocycles. The second-order valence-electron chi connectivity index (χ2n) is 15.2. The number of ether oxygens (including phenoxy) is 1. The van der Waals surface area contributed by atoms with Crippen molar-refractivity contribution in [2.45, 2.75) is 206 Å². The van der Waals surface area contributed by atoms with Crippen LogP contribution < -0.4 is 5.32 Å². The zero-order valence-corrected chi connectivity index (χ0v) is 36.7. The van der Waals surface area contributed by atoms with E-state index in [4.69, 9.17) is 4.74 Å². The highest BCUT2D eigenvalue weighted by Gasteiger charge is 2.24. The molecular formula is C51H85NO5. The van der Waals surface area contributed by atoms with Gasteiger partial charge in [-0.05, 0) is 64.2 Å². The Hall–Kier alpha value is -3.22. The van der Waals surface area contributed by atoms with Crippen LogP contribution in [0.5, 0.6) is 0 Å². The van der Waals surface area contributed by atoms with Gasteiger partial charge in [0.15, 0.2) is 0 Å². The number of carbonyl (C=O) groups excluding carboxylic acids is 2. The molecule has 57 heavy (non-hydrogen) atoms. The second-order valence-corrected chi connectivity index (χ2v) is 15.2. The molecule has 0 aromatic rings. The molecule has 0 aliphatic carbocycles. The van der Waals surface area contributed by atoms with Gasteiger partial charge in [0.1, 0.15) is 6.10 Å². The standard InChI is InChI=1S/C51H85NO5/c1-4-7-10-13-16-19-21-23-25-26-28-31-33-36-39-42-47(57-51(56)44-41-38-35-32-29-27-24-22-20-17-14-11-8-5-2)45-50(55)52-48(46-53)49(54)43-40-37-34-30-18-15-12-9-6-3/h7-8,10-11,13,16-17,19-21,23,25-26,28,31,33,47-49,53-54H,4-6,9,12,14-15,18,22,24,27,29-30,32,34-46H2,1-3H3,(H,52,55)/b10-7-,11-8+,16-13+,20-17+,21-19+,25-23-,28-26+,33-31+. The Balaban J connectivity index is 4.80. The molecule has 0 aliphatic heterocycles. The SMILES string of the molecule is CC\C=C/C=C/C=C/C=C\C=C\C=C\CCCC(CC(=O)NC(CO)C(O)CCCCCCCCCCC)OC(=O)CCCCCCCCC/C=C/C/C=C/CC. The van der Waals surface area contributed by atoms with Crippen LogP contribution in [0.2, 0.25) is 0 Å². The number of nitrogens with one attached hydrogen (secondary N) is 1. The van der Waals surface area contributed by atoms with Gasteiger partial charge in [-0.25, -0.2) is 0 Å². The van der Waals surface area contributed by atoms with E-state index in [2.05, 4.69) is 62.5 Å². The van der Waals surface area contributed by atoms with Gasteiger partial charge in [0.25, 0.3) is 0 Å². The Morgan fingerprint density at radius 1 is 0.544 bits per heavy atom. The van der Waals surface area contributed by atoms with Crippen molar-refractivity contribution in [1.29, 1.82) is 0 Å². The minimum atomic E-state index is -0.812. The maximum absolute atomic E-state index is 13.1. The molecular weight excluding hydrogens is 707 g/mol. The summed E-state index contributed by atoms with van der Waals surface area (Å²) in [4.78, 5) is 26.0. The number of aliphatic hydroxyl groups excluding tert-OH is 2. The minimum absolute atomic E-state index is 0.0175. The predicted molar refractivity (Wildman–Crippen MR) is 245 cm³/mol. The number of allylic oxidation sites excluding steroid dienone is 16. The Morgan fingerprint density at radius 2 is 1.05 bits per heavy atom. The number of hydrogen-bond donors (Lipinski definition) is 3. The smallest absolute Gasteiger partial charge is 0.306 e. The highest BCUT2D eigenvalue weighted by molar-refractivity contribution is 5.77. The Morgan fingerprint density at radius 3 is 1.65 bits per heavy atom. The third-order valence-corrected chi connectivity index (χ3v) is 9.82. The summed E-state index contributed by atoms with van der Waals surface area (Å²) in [7, 11) is 0. The third kappa shape index (κ3) is 39.4. The zero-order valence-electron chi connectivity index (χ0n) is 36.7. The normalized spacial score (nSPS) is 14.3. The van der Waals surface area contributed by atoms with Crippen molar-refractivity contribution in [2.75, 3.05) is 6.61 Å². The van der Waals surface area contributed by atoms with Crippen molar-refractivity contribution in [1.82, 2.24) is 5.32 Å². The molecule has 0 fully saturated rings. The van der Waals surface area contributed by atoms with Crippen molar-refractivity contribution in [3.05, 3.63) is 97.2 Å². The van der Waals surface area contributed by atoms with Crippen LogP contribution in [0.1, 0.15) is 188 Å². The van der Waals surface area contributed by atoms with Crippen molar-refractivity contribution >= 4 is 11.9 Å². The van der Waals surface area contributed by atoms with Crippen LogP contribution in [0.3, 0.4) is 0 Å². The summed E-state index contributed by atoms with van der Waals surface area (Å²) in [6, 6.07) is -0.731. The average Bonchev–Trinajstić information content (AvgIpc) is 3.20. The Kier molecular flexibility index (Phi) is 41.4. The highest BCUT2D eigenvalue weighted by Crippen LogP contribution is 2.16. The topological polar surface area (TPSA) is 95.9 Å². The van der Waals surface area contributed by atoms with Gasteiger partial charge in [-0.3, -0.25) is 9.59 Å². The van der Waals surface area contributed by atoms with E-state index in [1.165, 1.54) is 64.2 Å². The van der Waals surface area contributed by atoms with E-state index in [-0.39, 0.29) is 24.9 Å². The lowest BCUT2D eigenvalue weighted by Crippen LogP contribution is -2.46. The molecule has 0 rings (SSSR count). The van der Waals surface area contributed by atoms with Crippen LogP contribution in [0, 0.1) is 0 Å². The van der Waals surface area contributed by atoms with E-state index in [1.54, 1.807) is 0 Å². The lowest BCUT2D eigenvalue weighted by Gasteiger charge is -2.24. The number of esters is 1. The Bertz CT molecular complexity index is 1160. The van der Waals surface area contributed by atoms with Crippen LogP contribution in [0.25, 0.3) is 0 Å². The lowest BCUT2D eigenvalue weighted by molar-refractivity contribution is -0.151. The predicted octanol–water partition coefficient (Wildman–Crippen LogP) is 13.4. The molecule has 6 nitrogen and oxygen atoms in total. The fraction of sp³-hybridized carbons (Fsp3) is 0.647. The fourth-order valence-corrected chi connectivity index (χ4v) is 6.39. The summed E-state index contributed by atoms with van der Waals surface area (Å²) in [6.07, 6.45) is 57.5. The lowest BCUT2D eigenvalue weighted by atomic mass is 10.0. The van der Waals surface area contributed by atoms with Gasteiger partial charge in [0.2, 0.25) is 5.91 Å². The van der Waals surface area contributed by atoms with Gasteiger partial charge in [0, 0.05) is 6.42 Å². The third-order valence-electron chi connectivity index (χ3n) is 9.82. The number of hydrogen-bond acceptors (Lipinski definition) is 5. The molecule has 0 radical (unpaired) electrons. The summed E-state index contributed by atoms with van der Waals surface area (Å²) >= 11 is 0. The molecule has 0 heterocycles. The van der Waals surface area contributed by atoms with Gasteiger partial charge in [-0.2, -0.15) is 0 Å². The van der Waals surface area contributed by atoms with Gasteiger partial charge in [-0.1, -0.05) is 208 Å². The summed E-state index contributed by atoms with van der Waals surface area (Å²) in [5.74, 6) is -0.571. The average molecular weight is 792 g/mol. The number of aliphatic hydroxyl groups is 2. The monoisotopic (exact) mass is 792 g/mol. The maximum atomic E-state index is 13.1. The first-order chi connectivity index (χ1) is 28.0. The molecule has 6 heteroatoms. The molecule has 1 amide bonds. The number of unbranched alkanes of at least 4 members (excludes halogenated alkanes) is 16. The van der Waals surface area contributed by atoms with Crippen LogP contribution in [0.4, 0.5) is 0 Å². The summed E-state index contributed by atoms with van der Waals surface area (Å²) < 4.78 is 5.87. The zero-order chi connectivity index (χ0) is 41.7. The highest BCUT2D eigenvalue weighted by atomic mass is 16.5. The molecule has 0 aromatic carbocycles. The van der Waals surface area contributed by atoms with Gasteiger partial charge >= 0.3 is 5.97 Å². The van der Waals surface area contributed by atoms with Crippen LogP contribution in [-0.4, -0.2) is 46.9 Å². The second kappa shape index (κ2) is 43.9. The van der Waals surface area contributed by atoms with E-state index >= 15 is 0 Å². The molecule has 324 valence electrons.